The highest BCUT2D eigenvalue weighted by Gasteiger charge is 2.30. The quantitative estimate of drug-likeness (QED) is 0.721. The third-order valence-electron chi connectivity index (χ3n) is 2.69. The lowest BCUT2D eigenvalue weighted by atomic mass is 9.98. The lowest BCUT2D eigenvalue weighted by Crippen LogP contribution is -2.48. The molecule has 18 heavy (non-hydrogen) atoms. The van der Waals surface area contributed by atoms with Crippen molar-refractivity contribution >= 4 is 12.0 Å². The molecule has 1 atom stereocenters. The van der Waals surface area contributed by atoms with E-state index in [4.69, 9.17) is 4.74 Å². The topological polar surface area (TPSA) is 70.7 Å². The van der Waals surface area contributed by atoms with Crippen LogP contribution in [0, 0.1) is 5.92 Å². The maximum Gasteiger partial charge on any atom is 0.410 e. The molecule has 2 N–H and O–H groups in total. The zero-order chi connectivity index (χ0) is 13.8. The van der Waals surface area contributed by atoms with Crippen LogP contribution in [-0.2, 0) is 9.53 Å². The summed E-state index contributed by atoms with van der Waals surface area (Å²) < 4.78 is 5.30. The Labute approximate surface area is 108 Å². The average molecular weight is 257 g/mol. The van der Waals surface area contributed by atoms with Crippen LogP contribution in [0.1, 0.15) is 33.6 Å². The van der Waals surface area contributed by atoms with Gasteiger partial charge in [0.2, 0.25) is 5.91 Å². The van der Waals surface area contributed by atoms with Crippen LogP contribution in [0.4, 0.5) is 4.79 Å². The van der Waals surface area contributed by atoms with Crippen LogP contribution in [0.2, 0.25) is 0 Å². The number of rotatable bonds is 2. The van der Waals surface area contributed by atoms with E-state index in [1.54, 1.807) is 11.9 Å². The molecule has 104 valence electrons. The van der Waals surface area contributed by atoms with Gasteiger partial charge in [-0.05, 0) is 33.6 Å². The first-order chi connectivity index (χ1) is 8.33. The Hall–Kier alpha value is -1.30. The fourth-order valence-electron chi connectivity index (χ4n) is 1.91. The number of hydrogen-bond acceptors (Lipinski definition) is 4. The van der Waals surface area contributed by atoms with Gasteiger partial charge in [-0.15, -0.1) is 0 Å². The van der Waals surface area contributed by atoms with E-state index in [1.807, 2.05) is 20.8 Å². The predicted molar refractivity (Wildman–Crippen MR) is 67.7 cm³/mol. The Kier molecular flexibility index (Phi) is 4.95. The average Bonchev–Trinajstić information content (AvgIpc) is 2.27. The van der Waals surface area contributed by atoms with E-state index in [9.17, 15) is 9.59 Å². The highest BCUT2D eigenvalue weighted by atomic mass is 16.6. The van der Waals surface area contributed by atoms with Gasteiger partial charge in [-0.1, -0.05) is 0 Å². The lowest BCUT2D eigenvalue weighted by molar-refractivity contribution is -0.127. The molecule has 6 heteroatoms. The molecule has 0 aromatic carbocycles. The van der Waals surface area contributed by atoms with Gasteiger partial charge >= 0.3 is 6.09 Å². The number of ether oxygens (including phenoxy) is 1. The van der Waals surface area contributed by atoms with E-state index in [0.717, 1.165) is 12.8 Å². The molecule has 1 aliphatic rings. The predicted octanol–water partition coefficient (Wildman–Crippen LogP) is 0.884. The van der Waals surface area contributed by atoms with Gasteiger partial charge in [-0.2, -0.15) is 0 Å². The summed E-state index contributed by atoms with van der Waals surface area (Å²) in [4.78, 5) is 25.2. The lowest BCUT2D eigenvalue weighted by Gasteiger charge is -2.33. The first-order valence-corrected chi connectivity index (χ1v) is 6.28. The summed E-state index contributed by atoms with van der Waals surface area (Å²) in [5.74, 6) is -0.246. The first-order valence-electron chi connectivity index (χ1n) is 6.28. The third kappa shape index (κ3) is 4.52. The minimum absolute atomic E-state index is 0.0780. The van der Waals surface area contributed by atoms with Gasteiger partial charge in [-0.3, -0.25) is 10.2 Å². The molecule has 0 radical (unpaired) electrons. The van der Waals surface area contributed by atoms with Gasteiger partial charge < -0.3 is 9.64 Å². The summed E-state index contributed by atoms with van der Waals surface area (Å²) in [5.41, 5.74) is 4.67. The number of piperidine rings is 1. The van der Waals surface area contributed by atoms with Crippen LogP contribution in [0.15, 0.2) is 0 Å². The van der Waals surface area contributed by atoms with Crippen molar-refractivity contribution in [3.05, 3.63) is 0 Å². The molecule has 2 amide bonds. The van der Waals surface area contributed by atoms with E-state index in [2.05, 4.69) is 10.9 Å². The zero-order valence-electron chi connectivity index (χ0n) is 11.6. The van der Waals surface area contributed by atoms with Crippen molar-refractivity contribution in [2.75, 3.05) is 20.1 Å². The Morgan fingerprint density at radius 2 is 2.00 bits per heavy atom. The maximum absolute atomic E-state index is 11.9. The molecule has 1 saturated heterocycles. The largest absolute Gasteiger partial charge is 0.444 e. The van der Waals surface area contributed by atoms with Crippen LogP contribution in [-0.4, -0.2) is 42.6 Å². The minimum Gasteiger partial charge on any atom is -0.444 e. The Morgan fingerprint density at radius 3 is 2.56 bits per heavy atom. The number of amides is 2. The van der Waals surface area contributed by atoms with Crippen molar-refractivity contribution in [2.45, 2.75) is 39.2 Å². The molecular formula is C12H23N3O3. The number of carbonyl (C=O) groups excluding carboxylic acids is 2. The fourth-order valence-corrected chi connectivity index (χ4v) is 1.91. The molecule has 6 nitrogen and oxygen atoms in total. The fraction of sp³-hybridized carbons (Fsp3) is 0.833. The molecule has 1 rings (SSSR count). The van der Waals surface area contributed by atoms with E-state index in [1.165, 1.54) is 0 Å². The minimum atomic E-state index is -0.503. The number of nitrogens with zero attached hydrogens (tertiary/aromatic N) is 1. The van der Waals surface area contributed by atoms with Gasteiger partial charge in [0.05, 0.1) is 5.92 Å². The van der Waals surface area contributed by atoms with Crippen LogP contribution in [0.5, 0.6) is 0 Å². The van der Waals surface area contributed by atoms with Crippen molar-refractivity contribution in [2.24, 2.45) is 5.92 Å². The Balaban J connectivity index is 2.53. The van der Waals surface area contributed by atoms with Crippen molar-refractivity contribution in [3.63, 3.8) is 0 Å². The van der Waals surface area contributed by atoms with Crippen molar-refractivity contribution in [3.8, 4) is 0 Å². The second-order valence-electron chi connectivity index (χ2n) is 5.50. The summed E-state index contributed by atoms with van der Waals surface area (Å²) in [6, 6.07) is 0. The highest BCUT2D eigenvalue weighted by molar-refractivity contribution is 5.79. The molecule has 0 saturated carbocycles. The van der Waals surface area contributed by atoms with Crippen molar-refractivity contribution < 1.29 is 14.3 Å². The van der Waals surface area contributed by atoms with Crippen LogP contribution >= 0.6 is 0 Å². The van der Waals surface area contributed by atoms with Gasteiger partial charge in [-0.25, -0.2) is 10.2 Å². The summed E-state index contributed by atoms with van der Waals surface area (Å²) >= 11 is 0. The summed E-state index contributed by atoms with van der Waals surface area (Å²) in [6.45, 7) is 6.57. The number of likely N-dealkylation sites (tertiary alicyclic amines) is 1. The van der Waals surface area contributed by atoms with E-state index in [-0.39, 0.29) is 17.9 Å². The van der Waals surface area contributed by atoms with Gasteiger partial charge in [0.25, 0.3) is 0 Å². The summed E-state index contributed by atoms with van der Waals surface area (Å²) in [7, 11) is 1.65. The van der Waals surface area contributed by atoms with E-state index >= 15 is 0 Å². The summed E-state index contributed by atoms with van der Waals surface area (Å²) in [5, 5.41) is 0. The second kappa shape index (κ2) is 6.04. The van der Waals surface area contributed by atoms with Crippen LogP contribution in [0.3, 0.4) is 0 Å². The standard InChI is InChI=1S/C12H23N3O3/c1-12(2,3)18-11(17)15-7-5-6-9(8-15)10(16)14-13-4/h9,13H,5-8H2,1-4H3,(H,14,16)/t9-/m1/s1. The zero-order valence-corrected chi connectivity index (χ0v) is 11.6. The van der Waals surface area contributed by atoms with E-state index in [0.29, 0.717) is 13.1 Å². The molecule has 1 aliphatic heterocycles. The first kappa shape index (κ1) is 14.8. The molecule has 0 bridgehead atoms. The number of carbonyl (C=O) groups is 2. The molecule has 1 fully saturated rings. The highest BCUT2D eigenvalue weighted by Crippen LogP contribution is 2.19. The third-order valence-corrected chi connectivity index (χ3v) is 2.69. The van der Waals surface area contributed by atoms with Gasteiger partial charge in [0.15, 0.2) is 0 Å². The Morgan fingerprint density at radius 1 is 1.33 bits per heavy atom. The SMILES string of the molecule is CNNC(=O)[C@@H]1CCCN(C(=O)OC(C)(C)C)C1. The number of hydrogen-bond donors (Lipinski definition) is 2. The molecule has 1 heterocycles. The molecule has 0 aliphatic carbocycles. The summed E-state index contributed by atoms with van der Waals surface area (Å²) in [6.07, 6.45) is 1.28. The van der Waals surface area contributed by atoms with Crippen LogP contribution in [0.25, 0.3) is 0 Å². The normalized spacial score (nSPS) is 20.4. The molecule has 0 aromatic rings. The van der Waals surface area contributed by atoms with Gasteiger partial charge in [0.1, 0.15) is 5.60 Å². The molecular weight excluding hydrogens is 234 g/mol. The number of nitrogens with one attached hydrogen (secondary N) is 2. The van der Waals surface area contributed by atoms with E-state index < -0.39 is 5.60 Å². The number of hydrazine groups is 1. The van der Waals surface area contributed by atoms with Crippen LogP contribution < -0.4 is 10.9 Å². The van der Waals surface area contributed by atoms with Crippen molar-refractivity contribution in [1.29, 1.82) is 0 Å². The smallest absolute Gasteiger partial charge is 0.410 e. The Bertz CT molecular complexity index is 312. The van der Waals surface area contributed by atoms with Crippen molar-refractivity contribution in [1.82, 2.24) is 15.8 Å². The van der Waals surface area contributed by atoms with Gasteiger partial charge in [0, 0.05) is 20.1 Å². The molecule has 0 aromatic heterocycles. The maximum atomic E-state index is 11.9. The molecule has 0 spiro atoms. The second-order valence-corrected chi connectivity index (χ2v) is 5.50. The molecule has 0 unspecified atom stereocenters. The monoisotopic (exact) mass is 257 g/mol.